The van der Waals surface area contributed by atoms with Crippen molar-refractivity contribution in [2.24, 2.45) is 0 Å². The second-order valence-electron chi connectivity index (χ2n) is 9.93. The number of aromatic nitrogens is 1. The Kier molecular flexibility index (Phi) is 4.72. The van der Waals surface area contributed by atoms with Gasteiger partial charge in [0.2, 0.25) is 5.76 Å². The van der Waals surface area contributed by atoms with E-state index >= 15 is 0 Å². The smallest absolute Gasteiger partial charge is 0.297 e. The van der Waals surface area contributed by atoms with Gasteiger partial charge in [-0.3, -0.25) is 19.3 Å². The van der Waals surface area contributed by atoms with Crippen molar-refractivity contribution in [2.45, 2.75) is 32.7 Å². The summed E-state index contributed by atoms with van der Waals surface area (Å²) in [6.07, 6.45) is 0.711. The third-order valence-electron chi connectivity index (χ3n) is 7.45. The Bertz CT molecular complexity index is 1910. The van der Waals surface area contributed by atoms with Crippen molar-refractivity contribution < 1.29 is 14.0 Å². The maximum absolute atomic E-state index is 14.6. The predicted molar refractivity (Wildman–Crippen MR) is 148 cm³/mol. The summed E-state index contributed by atoms with van der Waals surface area (Å²) in [6.45, 7) is 6.33. The fourth-order valence-electron chi connectivity index (χ4n) is 5.84. The molecule has 38 heavy (non-hydrogen) atoms. The first kappa shape index (κ1) is 22.9. The van der Waals surface area contributed by atoms with E-state index in [2.05, 4.69) is 0 Å². The minimum absolute atomic E-state index is 0.0621. The van der Waals surface area contributed by atoms with Gasteiger partial charge in [0, 0.05) is 12.1 Å². The van der Waals surface area contributed by atoms with E-state index in [1.54, 1.807) is 17.0 Å². The number of anilines is 2. The van der Waals surface area contributed by atoms with Gasteiger partial charge >= 0.3 is 0 Å². The molecule has 0 saturated carbocycles. The van der Waals surface area contributed by atoms with Crippen LogP contribution >= 0.6 is 11.3 Å². The minimum atomic E-state index is -1.71. The lowest BCUT2D eigenvalue weighted by atomic mass is 9.84. The monoisotopic (exact) mass is 521 g/mol. The molecule has 7 rings (SSSR count). The van der Waals surface area contributed by atoms with Crippen LogP contribution in [0.25, 0.3) is 21.2 Å². The van der Waals surface area contributed by atoms with E-state index < -0.39 is 11.4 Å². The van der Waals surface area contributed by atoms with E-state index in [9.17, 15) is 14.4 Å². The van der Waals surface area contributed by atoms with Crippen molar-refractivity contribution in [3.05, 3.63) is 98.9 Å². The van der Waals surface area contributed by atoms with E-state index in [0.29, 0.717) is 40.3 Å². The standard InChI is InChI=1S/C30H23N3O4S/c1-4-13-32-21-8-6-5-7-19(21)30(28(32)36)24-25(34)18-14-16(2)10-12-22(18)37-26(24)27(35)33(30)29-31-20-11-9-17(3)15-23(20)38-29/h5-12,14-15H,4,13H2,1-3H3. The molecule has 0 fully saturated rings. The summed E-state index contributed by atoms with van der Waals surface area (Å²) in [7, 11) is 0. The summed E-state index contributed by atoms with van der Waals surface area (Å²) in [5.41, 5.74) is 2.23. The van der Waals surface area contributed by atoms with Crippen molar-refractivity contribution >= 4 is 55.2 Å². The molecule has 2 aromatic heterocycles. The normalized spacial score (nSPS) is 18.3. The third kappa shape index (κ3) is 2.78. The number of fused-ring (bicyclic) bond motifs is 6. The van der Waals surface area contributed by atoms with Crippen molar-refractivity contribution in [3.8, 4) is 0 Å². The van der Waals surface area contributed by atoms with Crippen LogP contribution in [0.3, 0.4) is 0 Å². The van der Waals surface area contributed by atoms with Gasteiger partial charge in [-0.1, -0.05) is 54.2 Å². The molecule has 5 aromatic rings. The van der Waals surface area contributed by atoms with Crippen LogP contribution in [0, 0.1) is 13.8 Å². The number of rotatable bonds is 3. The molecule has 0 radical (unpaired) electrons. The number of nitrogens with zero attached hydrogens (tertiary/aromatic N) is 3. The molecule has 4 heterocycles. The van der Waals surface area contributed by atoms with Crippen molar-refractivity contribution in [1.82, 2.24) is 4.98 Å². The van der Waals surface area contributed by atoms with Crippen LogP contribution in [0.5, 0.6) is 0 Å². The van der Waals surface area contributed by atoms with Gasteiger partial charge in [0.1, 0.15) is 5.58 Å². The lowest BCUT2D eigenvalue weighted by Crippen LogP contribution is -2.53. The second-order valence-corrected chi connectivity index (χ2v) is 10.9. The minimum Gasteiger partial charge on any atom is -0.450 e. The number of hydrogen-bond donors (Lipinski definition) is 0. The van der Waals surface area contributed by atoms with E-state index in [-0.39, 0.29) is 22.7 Å². The van der Waals surface area contributed by atoms with E-state index in [1.165, 1.54) is 16.2 Å². The Morgan fingerprint density at radius 2 is 1.74 bits per heavy atom. The van der Waals surface area contributed by atoms with Gasteiger partial charge in [-0.05, 0) is 56.2 Å². The van der Waals surface area contributed by atoms with Crippen LogP contribution < -0.4 is 15.2 Å². The summed E-state index contributed by atoms with van der Waals surface area (Å²) < 4.78 is 7.05. The molecule has 0 bridgehead atoms. The van der Waals surface area contributed by atoms with Crippen LogP contribution in [0.2, 0.25) is 0 Å². The van der Waals surface area contributed by atoms with Gasteiger partial charge in [-0.15, -0.1) is 0 Å². The molecule has 0 N–H and O–H groups in total. The number of carbonyl (C=O) groups is 2. The summed E-state index contributed by atoms with van der Waals surface area (Å²) in [6, 6.07) is 18.5. The first-order valence-corrected chi connectivity index (χ1v) is 13.4. The van der Waals surface area contributed by atoms with Gasteiger partial charge in [0.15, 0.2) is 16.1 Å². The van der Waals surface area contributed by atoms with Crippen molar-refractivity contribution in [2.75, 3.05) is 16.3 Å². The molecule has 0 aliphatic carbocycles. The highest BCUT2D eigenvalue weighted by atomic mass is 32.1. The molecule has 7 nitrogen and oxygen atoms in total. The van der Waals surface area contributed by atoms with Gasteiger partial charge in [0.05, 0.1) is 26.9 Å². The van der Waals surface area contributed by atoms with Crippen molar-refractivity contribution in [3.63, 3.8) is 0 Å². The molecular weight excluding hydrogens is 498 g/mol. The number of benzene rings is 3. The second kappa shape index (κ2) is 7.85. The average Bonchev–Trinajstić information content (AvgIpc) is 3.51. The fourth-order valence-corrected chi connectivity index (χ4v) is 6.95. The summed E-state index contributed by atoms with van der Waals surface area (Å²) in [4.78, 5) is 51.0. The Hall–Kier alpha value is -4.30. The Labute approximate surface area is 221 Å². The van der Waals surface area contributed by atoms with Crippen LogP contribution in [0.4, 0.5) is 10.8 Å². The Morgan fingerprint density at radius 1 is 0.974 bits per heavy atom. The quantitative estimate of drug-likeness (QED) is 0.305. The maximum Gasteiger partial charge on any atom is 0.297 e. The zero-order valence-corrected chi connectivity index (χ0v) is 21.9. The fraction of sp³-hybridized carbons (Fsp3) is 0.200. The third-order valence-corrected chi connectivity index (χ3v) is 8.45. The predicted octanol–water partition coefficient (Wildman–Crippen LogP) is 5.68. The molecule has 2 amide bonds. The van der Waals surface area contributed by atoms with E-state index in [4.69, 9.17) is 9.40 Å². The van der Waals surface area contributed by atoms with Crippen LogP contribution in [-0.4, -0.2) is 23.3 Å². The molecule has 1 atom stereocenters. The van der Waals surface area contributed by atoms with Crippen LogP contribution in [0.15, 0.2) is 69.9 Å². The zero-order chi connectivity index (χ0) is 26.3. The lowest BCUT2D eigenvalue weighted by Gasteiger charge is -2.32. The van der Waals surface area contributed by atoms with Crippen molar-refractivity contribution in [1.29, 1.82) is 0 Å². The first-order valence-electron chi connectivity index (χ1n) is 12.6. The molecular formula is C30H23N3O4S. The SMILES string of the molecule is CCCN1C(=O)C2(c3ccccc31)c1c(oc3ccc(C)cc3c1=O)C(=O)N2c1nc2ccc(C)cc2s1. The highest BCUT2D eigenvalue weighted by Crippen LogP contribution is 2.54. The summed E-state index contributed by atoms with van der Waals surface area (Å²) in [5, 5.41) is 0.695. The topological polar surface area (TPSA) is 83.7 Å². The van der Waals surface area contributed by atoms with Gasteiger partial charge in [0.25, 0.3) is 11.8 Å². The molecule has 2 aliphatic heterocycles. The van der Waals surface area contributed by atoms with Crippen LogP contribution in [-0.2, 0) is 10.3 Å². The zero-order valence-electron chi connectivity index (χ0n) is 21.1. The number of thiazole rings is 1. The van der Waals surface area contributed by atoms with E-state index in [0.717, 1.165) is 21.3 Å². The molecule has 8 heteroatoms. The maximum atomic E-state index is 14.6. The summed E-state index contributed by atoms with van der Waals surface area (Å²) in [5.74, 6) is -0.998. The number of amides is 2. The first-order chi connectivity index (χ1) is 18.4. The number of hydrogen-bond acceptors (Lipinski definition) is 6. The average molecular weight is 522 g/mol. The highest BCUT2D eigenvalue weighted by molar-refractivity contribution is 7.22. The molecule has 1 spiro atoms. The number of aryl methyl sites for hydroxylation is 2. The molecule has 1 unspecified atom stereocenters. The molecule has 2 aliphatic rings. The molecule has 188 valence electrons. The Morgan fingerprint density at radius 3 is 2.55 bits per heavy atom. The number of carbonyl (C=O) groups excluding carboxylic acids is 2. The molecule has 0 saturated heterocycles. The highest BCUT2D eigenvalue weighted by Gasteiger charge is 2.66. The van der Waals surface area contributed by atoms with Gasteiger partial charge < -0.3 is 9.32 Å². The largest absolute Gasteiger partial charge is 0.450 e. The lowest BCUT2D eigenvalue weighted by molar-refractivity contribution is -0.121. The van der Waals surface area contributed by atoms with Gasteiger partial charge in [-0.25, -0.2) is 4.98 Å². The van der Waals surface area contributed by atoms with Gasteiger partial charge in [-0.2, -0.15) is 0 Å². The number of para-hydroxylation sites is 1. The van der Waals surface area contributed by atoms with E-state index in [1.807, 2.05) is 69.3 Å². The Balaban J connectivity index is 1.62. The van der Waals surface area contributed by atoms with Crippen LogP contribution in [0.1, 0.15) is 46.2 Å². The molecule has 3 aromatic carbocycles. The summed E-state index contributed by atoms with van der Waals surface area (Å²) >= 11 is 1.33.